The molecule has 1 rings (SSSR count). The summed E-state index contributed by atoms with van der Waals surface area (Å²) in [5.41, 5.74) is 0. The Morgan fingerprint density at radius 3 is 2.62 bits per heavy atom. The summed E-state index contributed by atoms with van der Waals surface area (Å²) in [4.78, 5) is 14.0. The number of hydrogen-bond donors (Lipinski definition) is 0. The Labute approximate surface area is 98.1 Å². The number of carbonyl (C=O) groups is 1. The summed E-state index contributed by atoms with van der Waals surface area (Å²) in [5, 5.41) is 0. The van der Waals surface area contributed by atoms with Crippen LogP contribution in [0, 0.1) is 5.92 Å². The standard InChI is InChI=1S/C13H22N2O/c1-5-6-10-15(13(16)11(2)3)12-8-7-9-14(12)4/h7-9,11H,5-6,10H2,1-4H3. The zero-order chi connectivity index (χ0) is 12.1. The molecule has 0 radical (unpaired) electrons. The van der Waals surface area contributed by atoms with E-state index >= 15 is 0 Å². The molecule has 1 aromatic rings. The first-order chi connectivity index (χ1) is 7.57. The summed E-state index contributed by atoms with van der Waals surface area (Å²) in [5.74, 6) is 1.24. The maximum absolute atomic E-state index is 12.1. The molecule has 0 atom stereocenters. The Hall–Kier alpha value is -1.25. The van der Waals surface area contributed by atoms with E-state index in [1.165, 1.54) is 0 Å². The molecule has 3 nitrogen and oxygen atoms in total. The van der Waals surface area contributed by atoms with Gasteiger partial charge in [0.1, 0.15) is 5.82 Å². The van der Waals surface area contributed by atoms with Crippen LogP contribution in [0.3, 0.4) is 0 Å². The van der Waals surface area contributed by atoms with Crippen LogP contribution in [-0.4, -0.2) is 17.0 Å². The minimum atomic E-state index is 0.0479. The second-order valence-electron chi connectivity index (χ2n) is 4.48. The molecule has 0 saturated heterocycles. The highest BCUT2D eigenvalue weighted by molar-refractivity contribution is 5.93. The number of aromatic nitrogens is 1. The van der Waals surface area contributed by atoms with Gasteiger partial charge in [-0.05, 0) is 18.6 Å². The molecule has 0 unspecified atom stereocenters. The van der Waals surface area contributed by atoms with Crippen molar-refractivity contribution < 1.29 is 4.79 Å². The topological polar surface area (TPSA) is 25.2 Å². The lowest BCUT2D eigenvalue weighted by atomic mass is 10.2. The van der Waals surface area contributed by atoms with Crippen molar-refractivity contribution in [1.29, 1.82) is 0 Å². The SMILES string of the molecule is CCCCN(C(=O)C(C)C)c1cccn1C. The number of carbonyl (C=O) groups excluding carboxylic acids is 1. The fourth-order valence-corrected chi connectivity index (χ4v) is 1.70. The molecule has 1 aromatic heterocycles. The van der Waals surface area contributed by atoms with Gasteiger partial charge >= 0.3 is 0 Å². The highest BCUT2D eigenvalue weighted by Gasteiger charge is 2.19. The molecule has 0 fully saturated rings. The predicted octanol–water partition coefficient (Wildman–Crippen LogP) is 2.81. The molecule has 0 aliphatic rings. The average molecular weight is 222 g/mol. The monoisotopic (exact) mass is 222 g/mol. The summed E-state index contributed by atoms with van der Waals surface area (Å²) < 4.78 is 2.00. The molecule has 0 spiro atoms. The minimum absolute atomic E-state index is 0.0479. The molecule has 0 aromatic carbocycles. The van der Waals surface area contributed by atoms with Crippen LogP contribution in [0.1, 0.15) is 33.6 Å². The van der Waals surface area contributed by atoms with Crippen molar-refractivity contribution in [3.63, 3.8) is 0 Å². The number of rotatable bonds is 5. The second kappa shape index (κ2) is 5.73. The third-order valence-corrected chi connectivity index (χ3v) is 2.69. The van der Waals surface area contributed by atoms with Gasteiger partial charge in [0.15, 0.2) is 0 Å². The molecule has 1 heterocycles. The van der Waals surface area contributed by atoms with Crippen LogP contribution in [0.2, 0.25) is 0 Å². The molecule has 0 bridgehead atoms. The van der Waals surface area contributed by atoms with Crippen molar-refractivity contribution in [3.05, 3.63) is 18.3 Å². The molecule has 1 amide bonds. The summed E-state index contributed by atoms with van der Waals surface area (Å²) in [6, 6.07) is 3.97. The smallest absolute Gasteiger partial charge is 0.230 e. The first-order valence-electron chi connectivity index (χ1n) is 6.00. The molecule has 0 aliphatic carbocycles. The number of nitrogens with zero attached hydrogens (tertiary/aromatic N) is 2. The van der Waals surface area contributed by atoms with Gasteiger partial charge in [0.2, 0.25) is 5.91 Å². The Kier molecular flexibility index (Phi) is 4.59. The van der Waals surface area contributed by atoms with E-state index in [9.17, 15) is 4.79 Å². The number of amides is 1. The summed E-state index contributed by atoms with van der Waals surface area (Å²) in [7, 11) is 1.97. The first-order valence-corrected chi connectivity index (χ1v) is 6.00. The van der Waals surface area contributed by atoms with E-state index in [2.05, 4.69) is 6.92 Å². The number of hydrogen-bond acceptors (Lipinski definition) is 1. The average Bonchev–Trinajstić information content (AvgIpc) is 2.65. The molecule has 0 saturated carbocycles. The van der Waals surface area contributed by atoms with Gasteiger partial charge in [0.25, 0.3) is 0 Å². The molecular formula is C13H22N2O. The first kappa shape index (κ1) is 12.8. The van der Waals surface area contributed by atoms with E-state index in [0.717, 1.165) is 25.2 Å². The van der Waals surface area contributed by atoms with Crippen molar-refractivity contribution >= 4 is 11.7 Å². The van der Waals surface area contributed by atoms with Crippen molar-refractivity contribution in [2.75, 3.05) is 11.4 Å². The lowest BCUT2D eigenvalue weighted by molar-refractivity contribution is -0.121. The minimum Gasteiger partial charge on any atom is -0.337 e. The van der Waals surface area contributed by atoms with E-state index in [1.807, 2.05) is 48.7 Å². The lowest BCUT2D eigenvalue weighted by Gasteiger charge is -2.24. The zero-order valence-electron chi connectivity index (χ0n) is 10.7. The summed E-state index contributed by atoms with van der Waals surface area (Å²) in [6.45, 7) is 6.85. The van der Waals surface area contributed by atoms with Gasteiger partial charge in [-0.25, -0.2) is 0 Å². The maximum Gasteiger partial charge on any atom is 0.230 e. The molecule has 90 valence electrons. The van der Waals surface area contributed by atoms with Crippen LogP contribution < -0.4 is 4.90 Å². The number of aryl methyl sites for hydroxylation is 1. The fraction of sp³-hybridized carbons (Fsp3) is 0.615. The second-order valence-corrected chi connectivity index (χ2v) is 4.48. The van der Waals surface area contributed by atoms with Gasteiger partial charge in [0.05, 0.1) is 0 Å². The van der Waals surface area contributed by atoms with E-state index in [4.69, 9.17) is 0 Å². The van der Waals surface area contributed by atoms with Gasteiger partial charge in [-0.3, -0.25) is 9.69 Å². The normalized spacial score (nSPS) is 10.8. The highest BCUT2D eigenvalue weighted by Crippen LogP contribution is 2.17. The number of unbranched alkanes of at least 4 members (excludes halogenated alkanes) is 1. The van der Waals surface area contributed by atoms with Crippen LogP contribution >= 0.6 is 0 Å². The van der Waals surface area contributed by atoms with Gasteiger partial charge in [-0.15, -0.1) is 0 Å². The van der Waals surface area contributed by atoms with Gasteiger partial charge in [-0.2, -0.15) is 0 Å². The summed E-state index contributed by atoms with van der Waals surface area (Å²) >= 11 is 0. The summed E-state index contributed by atoms with van der Waals surface area (Å²) in [6.07, 6.45) is 4.12. The Morgan fingerprint density at radius 2 is 2.19 bits per heavy atom. The van der Waals surface area contributed by atoms with Crippen LogP contribution in [0.15, 0.2) is 18.3 Å². The lowest BCUT2D eigenvalue weighted by Crippen LogP contribution is -2.36. The Morgan fingerprint density at radius 1 is 1.50 bits per heavy atom. The quantitative estimate of drug-likeness (QED) is 0.752. The van der Waals surface area contributed by atoms with Crippen molar-refractivity contribution in [3.8, 4) is 0 Å². The molecule has 0 aliphatic heterocycles. The maximum atomic E-state index is 12.1. The van der Waals surface area contributed by atoms with Crippen LogP contribution in [-0.2, 0) is 11.8 Å². The Bertz CT molecular complexity index is 341. The third-order valence-electron chi connectivity index (χ3n) is 2.69. The molecule has 0 N–H and O–H groups in total. The zero-order valence-corrected chi connectivity index (χ0v) is 10.7. The Balaban J connectivity index is 2.87. The van der Waals surface area contributed by atoms with E-state index in [-0.39, 0.29) is 11.8 Å². The predicted molar refractivity (Wildman–Crippen MR) is 67.5 cm³/mol. The van der Waals surface area contributed by atoms with Gasteiger partial charge < -0.3 is 4.57 Å². The molecular weight excluding hydrogens is 200 g/mol. The van der Waals surface area contributed by atoms with Crippen LogP contribution in [0.5, 0.6) is 0 Å². The van der Waals surface area contributed by atoms with Crippen LogP contribution in [0.25, 0.3) is 0 Å². The van der Waals surface area contributed by atoms with Gasteiger partial charge in [0, 0.05) is 25.7 Å². The van der Waals surface area contributed by atoms with Crippen molar-refractivity contribution in [1.82, 2.24) is 4.57 Å². The van der Waals surface area contributed by atoms with Crippen molar-refractivity contribution in [2.24, 2.45) is 13.0 Å². The largest absolute Gasteiger partial charge is 0.337 e. The highest BCUT2D eigenvalue weighted by atomic mass is 16.2. The van der Waals surface area contributed by atoms with Crippen molar-refractivity contribution in [2.45, 2.75) is 33.6 Å². The fourth-order valence-electron chi connectivity index (χ4n) is 1.70. The van der Waals surface area contributed by atoms with E-state index in [0.29, 0.717) is 0 Å². The van der Waals surface area contributed by atoms with Crippen LogP contribution in [0.4, 0.5) is 5.82 Å². The van der Waals surface area contributed by atoms with E-state index < -0.39 is 0 Å². The third kappa shape index (κ3) is 2.87. The van der Waals surface area contributed by atoms with E-state index in [1.54, 1.807) is 0 Å². The molecule has 3 heteroatoms. The molecule has 16 heavy (non-hydrogen) atoms. The van der Waals surface area contributed by atoms with Gasteiger partial charge in [-0.1, -0.05) is 27.2 Å². The number of anilines is 1.